The third kappa shape index (κ3) is 5.42. The third-order valence-electron chi connectivity index (χ3n) is 2.98. The molecular weight excluding hydrogens is 293 g/mol. The quantitative estimate of drug-likeness (QED) is 0.700. The third-order valence-corrected chi connectivity index (χ3v) is 2.98. The summed E-state index contributed by atoms with van der Waals surface area (Å²) in [6, 6.07) is 3.90. The van der Waals surface area contributed by atoms with Gasteiger partial charge < -0.3 is 19.5 Å². The van der Waals surface area contributed by atoms with Crippen molar-refractivity contribution < 1.29 is 28.6 Å². The maximum Gasteiger partial charge on any atom is 0.323 e. The maximum atomic E-state index is 13.7. The fraction of sp³-hybridized carbons (Fsp3) is 0.467. The summed E-state index contributed by atoms with van der Waals surface area (Å²) < 4.78 is 23.8. The van der Waals surface area contributed by atoms with E-state index in [9.17, 15) is 14.0 Å². The Bertz CT molecular complexity index is 521. The van der Waals surface area contributed by atoms with Crippen molar-refractivity contribution in [1.82, 2.24) is 4.90 Å². The molecule has 1 rings (SSSR count). The number of carboxylic acid groups (broad SMARTS) is 1. The Kier molecular flexibility index (Phi) is 7.48. The van der Waals surface area contributed by atoms with E-state index in [2.05, 4.69) is 0 Å². The first-order valence-corrected chi connectivity index (χ1v) is 6.85. The highest BCUT2D eigenvalue weighted by atomic mass is 19.1. The zero-order valence-electron chi connectivity index (χ0n) is 12.7. The first-order valence-electron chi connectivity index (χ1n) is 6.85. The number of hydrogen-bond acceptors (Lipinski definition) is 4. The van der Waals surface area contributed by atoms with E-state index in [4.69, 9.17) is 14.6 Å². The number of likely N-dealkylation sites (N-methyl/N-ethyl adjacent to an activating group) is 1. The van der Waals surface area contributed by atoms with Crippen LogP contribution >= 0.6 is 0 Å². The molecule has 122 valence electrons. The molecule has 6 nitrogen and oxygen atoms in total. The van der Waals surface area contributed by atoms with Crippen LogP contribution in [0.2, 0.25) is 0 Å². The molecule has 0 bridgehead atoms. The first kappa shape index (κ1) is 18.1. The summed E-state index contributed by atoms with van der Waals surface area (Å²) in [5.74, 6) is -2.03. The van der Waals surface area contributed by atoms with Gasteiger partial charge in [-0.3, -0.25) is 9.59 Å². The lowest BCUT2D eigenvalue weighted by atomic mass is 10.1. The molecule has 0 unspecified atom stereocenters. The fourth-order valence-corrected chi connectivity index (χ4v) is 1.82. The monoisotopic (exact) mass is 313 g/mol. The summed E-state index contributed by atoms with van der Waals surface area (Å²) in [6.45, 7) is 2.26. The van der Waals surface area contributed by atoms with Crippen LogP contribution in [-0.4, -0.2) is 55.3 Å². The number of rotatable bonds is 9. The van der Waals surface area contributed by atoms with Gasteiger partial charge in [0.05, 0.1) is 19.8 Å². The van der Waals surface area contributed by atoms with Gasteiger partial charge >= 0.3 is 5.97 Å². The Balaban J connectivity index is 2.82. The molecule has 1 N–H and O–H groups in total. The Labute approximate surface area is 128 Å². The molecule has 1 aromatic rings. The highest BCUT2D eigenvalue weighted by Crippen LogP contribution is 2.14. The Morgan fingerprint density at radius 2 is 2.05 bits per heavy atom. The molecule has 0 aliphatic heterocycles. The van der Waals surface area contributed by atoms with E-state index in [1.54, 1.807) is 6.92 Å². The van der Waals surface area contributed by atoms with E-state index in [0.29, 0.717) is 13.2 Å². The molecule has 22 heavy (non-hydrogen) atoms. The zero-order valence-corrected chi connectivity index (χ0v) is 12.7. The van der Waals surface area contributed by atoms with E-state index in [-0.39, 0.29) is 24.3 Å². The van der Waals surface area contributed by atoms with Crippen LogP contribution < -0.4 is 0 Å². The standard InChI is InChI=1S/C15H20FNO5/c1-3-17(9-14(18)19)15(20)11-4-5-13(16)12(8-11)10-22-7-6-21-2/h4-5,8H,3,6-7,9-10H2,1-2H3,(H,18,19). The second kappa shape index (κ2) is 9.11. The second-order valence-corrected chi connectivity index (χ2v) is 4.56. The molecular formula is C15H20FNO5. The van der Waals surface area contributed by atoms with Gasteiger partial charge in [0.1, 0.15) is 12.4 Å². The predicted molar refractivity (Wildman–Crippen MR) is 77.1 cm³/mol. The average molecular weight is 313 g/mol. The van der Waals surface area contributed by atoms with Crippen molar-refractivity contribution in [2.45, 2.75) is 13.5 Å². The second-order valence-electron chi connectivity index (χ2n) is 4.56. The topological polar surface area (TPSA) is 76.1 Å². The highest BCUT2D eigenvalue weighted by Gasteiger charge is 2.18. The number of carbonyl (C=O) groups excluding carboxylic acids is 1. The lowest BCUT2D eigenvalue weighted by Gasteiger charge is -2.19. The van der Waals surface area contributed by atoms with E-state index < -0.39 is 24.2 Å². The number of carbonyl (C=O) groups is 2. The number of amides is 1. The summed E-state index contributed by atoms with van der Waals surface area (Å²) in [6.07, 6.45) is 0. The van der Waals surface area contributed by atoms with E-state index in [1.807, 2.05) is 0 Å². The smallest absolute Gasteiger partial charge is 0.323 e. The Morgan fingerprint density at radius 1 is 1.32 bits per heavy atom. The van der Waals surface area contributed by atoms with Crippen LogP contribution in [0.25, 0.3) is 0 Å². The normalized spacial score (nSPS) is 10.5. The van der Waals surface area contributed by atoms with Gasteiger partial charge in [-0.1, -0.05) is 0 Å². The van der Waals surface area contributed by atoms with Crippen molar-refractivity contribution in [2.75, 3.05) is 33.4 Å². The van der Waals surface area contributed by atoms with Crippen LogP contribution in [0.1, 0.15) is 22.8 Å². The van der Waals surface area contributed by atoms with Gasteiger partial charge in [0, 0.05) is 24.8 Å². The van der Waals surface area contributed by atoms with Gasteiger partial charge in [-0.25, -0.2) is 4.39 Å². The number of hydrogen-bond donors (Lipinski definition) is 1. The zero-order chi connectivity index (χ0) is 16.5. The SMILES string of the molecule is CCN(CC(=O)O)C(=O)c1ccc(F)c(COCCOC)c1. The number of methoxy groups -OCH3 is 1. The highest BCUT2D eigenvalue weighted by molar-refractivity contribution is 5.96. The summed E-state index contributed by atoms with van der Waals surface area (Å²) in [4.78, 5) is 24.1. The number of carboxylic acids is 1. The van der Waals surface area contributed by atoms with Crippen molar-refractivity contribution in [3.05, 3.63) is 35.1 Å². The average Bonchev–Trinajstić information content (AvgIpc) is 2.50. The van der Waals surface area contributed by atoms with E-state index in [0.717, 1.165) is 0 Å². The molecule has 7 heteroatoms. The van der Waals surface area contributed by atoms with Gasteiger partial charge in [-0.05, 0) is 25.1 Å². The minimum absolute atomic E-state index is 0.0152. The largest absolute Gasteiger partial charge is 0.480 e. The maximum absolute atomic E-state index is 13.7. The molecule has 0 radical (unpaired) electrons. The molecule has 0 saturated heterocycles. The Hall–Kier alpha value is -1.99. The molecule has 0 aliphatic rings. The molecule has 0 aliphatic carbocycles. The molecule has 0 spiro atoms. The van der Waals surface area contributed by atoms with Crippen LogP contribution in [0.15, 0.2) is 18.2 Å². The van der Waals surface area contributed by atoms with Crippen molar-refractivity contribution in [1.29, 1.82) is 0 Å². The van der Waals surface area contributed by atoms with Crippen LogP contribution in [0.5, 0.6) is 0 Å². The van der Waals surface area contributed by atoms with Crippen molar-refractivity contribution in [3.8, 4) is 0 Å². The molecule has 0 atom stereocenters. The fourth-order valence-electron chi connectivity index (χ4n) is 1.82. The number of nitrogens with zero attached hydrogens (tertiary/aromatic N) is 1. The summed E-state index contributed by atoms with van der Waals surface area (Å²) in [7, 11) is 1.53. The number of aliphatic carboxylic acids is 1. The molecule has 1 aromatic carbocycles. The predicted octanol–water partition coefficient (Wildman–Crippen LogP) is 1.54. The van der Waals surface area contributed by atoms with Crippen LogP contribution in [-0.2, 0) is 20.9 Å². The van der Waals surface area contributed by atoms with Gasteiger partial charge in [0.2, 0.25) is 0 Å². The Morgan fingerprint density at radius 3 is 2.64 bits per heavy atom. The molecule has 0 heterocycles. The number of benzene rings is 1. The van der Waals surface area contributed by atoms with E-state index >= 15 is 0 Å². The molecule has 0 fully saturated rings. The minimum Gasteiger partial charge on any atom is -0.480 e. The van der Waals surface area contributed by atoms with Crippen molar-refractivity contribution in [2.24, 2.45) is 0 Å². The van der Waals surface area contributed by atoms with Crippen LogP contribution in [0.3, 0.4) is 0 Å². The lowest BCUT2D eigenvalue weighted by molar-refractivity contribution is -0.137. The van der Waals surface area contributed by atoms with Crippen molar-refractivity contribution >= 4 is 11.9 Å². The van der Waals surface area contributed by atoms with Crippen LogP contribution in [0, 0.1) is 5.82 Å². The summed E-state index contributed by atoms with van der Waals surface area (Å²) in [5, 5.41) is 8.79. The van der Waals surface area contributed by atoms with Crippen molar-refractivity contribution in [3.63, 3.8) is 0 Å². The van der Waals surface area contributed by atoms with Gasteiger partial charge in [-0.2, -0.15) is 0 Å². The summed E-state index contributed by atoms with van der Waals surface area (Å²) >= 11 is 0. The van der Waals surface area contributed by atoms with Gasteiger partial charge in [-0.15, -0.1) is 0 Å². The van der Waals surface area contributed by atoms with E-state index in [1.165, 1.54) is 30.2 Å². The molecule has 1 amide bonds. The summed E-state index contributed by atoms with van der Waals surface area (Å²) in [5.41, 5.74) is 0.475. The first-order chi connectivity index (χ1) is 10.5. The van der Waals surface area contributed by atoms with Crippen LogP contribution in [0.4, 0.5) is 4.39 Å². The molecule has 0 saturated carbocycles. The molecule has 0 aromatic heterocycles. The number of halogens is 1. The number of ether oxygens (including phenoxy) is 2. The van der Waals surface area contributed by atoms with Gasteiger partial charge in [0.25, 0.3) is 5.91 Å². The minimum atomic E-state index is -1.10. The van der Waals surface area contributed by atoms with Gasteiger partial charge in [0.15, 0.2) is 0 Å². The lowest BCUT2D eigenvalue weighted by Crippen LogP contribution is -2.35.